The van der Waals surface area contributed by atoms with Crippen LogP contribution in [0.3, 0.4) is 0 Å². The van der Waals surface area contributed by atoms with Gasteiger partial charge in [0.15, 0.2) is 0 Å². The van der Waals surface area contributed by atoms with Crippen molar-refractivity contribution in [2.75, 3.05) is 0 Å². The predicted molar refractivity (Wildman–Crippen MR) is 90.7 cm³/mol. The van der Waals surface area contributed by atoms with Gasteiger partial charge in [-0.1, -0.05) is 34.6 Å². The summed E-state index contributed by atoms with van der Waals surface area (Å²) in [4.78, 5) is 5.82. The van der Waals surface area contributed by atoms with Gasteiger partial charge in [0, 0.05) is 21.9 Å². The summed E-state index contributed by atoms with van der Waals surface area (Å²) in [7, 11) is 0. The van der Waals surface area contributed by atoms with Crippen LogP contribution in [0.15, 0.2) is 16.8 Å². The van der Waals surface area contributed by atoms with Gasteiger partial charge in [-0.15, -0.1) is 22.7 Å². The Bertz CT molecular complexity index is 441. The number of hydrogen-bond acceptors (Lipinski definition) is 3. The Hall–Kier alpha value is -0.670. The van der Waals surface area contributed by atoms with E-state index in [2.05, 4.69) is 49.5 Å². The van der Waals surface area contributed by atoms with E-state index in [-0.39, 0.29) is 0 Å². The van der Waals surface area contributed by atoms with Crippen LogP contribution in [0, 0.1) is 13.8 Å². The Labute approximate surface area is 126 Å². The molecule has 0 aliphatic rings. The highest BCUT2D eigenvalue weighted by Crippen LogP contribution is 2.18. The highest BCUT2D eigenvalue weighted by Gasteiger charge is 2.01. The van der Waals surface area contributed by atoms with Crippen LogP contribution in [-0.2, 0) is 6.42 Å². The number of rotatable bonds is 2. The summed E-state index contributed by atoms with van der Waals surface area (Å²) in [5.41, 5.74) is 2.54. The van der Waals surface area contributed by atoms with Crippen LogP contribution in [0.2, 0.25) is 0 Å². The summed E-state index contributed by atoms with van der Waals surface area (Å²) in [6.45, 7) is 14.7. The van der Waals surface area contributed by atoms with Gasteiger partial charge in [-0.3, -0.25) is 0 Å². The van der Waals surface area contributed by atoms with Crippen molar-refractivity contribution >= 4 is 22.7 Å². The largest absolute Gasteiger partial charge is 0.246 e. The zero-order valence-corrected chi connectivity index (χ0v) is 14.9. The molecule has 0 atom stereocenters. The minimum absolute atomic E-state index is 0.587. The molecule has 0 N–H and O–H groups in total. The van der Waals surface area contributed by atoms with Crippen molar-refractivity contribution in [3.63, 3.8) is 0 Å². The minimum Gasteiger partial charge on any atom is -0.246 e. The van der Waals surface area contributed by atoms with Gasteiger partial charge in [-0.2, -0.15) is 0 Å². The summed E-state index contributed by atoms with van der Waals surface area (Å²) in [5, 5.41) is 5.53. The van der Waals surface area contributed by atoms with Crippen LogP contribution in [0.4, 0.5) is 0 Å². The zero-order valence-electron chi connectivity index (χ0n) is 13.3. The average Bonchev–Trinajstić information content (AvgIpc) is 3.01. The van der Waals surface area contributed by atoms with Crippen LogP contribution < -0.4 is 0 Å². The van der Waals surface area contributed by atoms with Crippen molar-refractivity contribution in [3.05, 3.63) is 38.0 Å². The molecule has 0 saturated heterocycles. The highest BCUT2D eigenvalue weighted by atomic mass is 32.1. The first-order valence-electron chi connectivity index (χ1n) is 6.99. The van der Waals surface area contributed by atoms with Crippen LogP contribution in [0.5, 0.6) is 0 Å². The Morgan fingerprint density at radius 1 is 1.11 bits per heavy atom. The maximum absolute atomic E-state index is 4.33. The molecule has 0 spiro atoms. The topological polar surface area (TPSA) is 12.9 Å². The minimum atomic E-state index is 0.587. The molecule has 2 aromatic rings. The molecule has 2 aromatic heterocycles. The third kappa shape index (κ3) is 7.48. The highest BCUT2D eigenvalue weighted by molar-refractivity contribution is 7.10. The predicted octanol–water partition coefficient (Wildman–Crippen LogP) is 6.22. The maximum atomic E-state index is 4.33. The van der Waals surface area contributed by atoms with Crippen molar-refractivity contribution < 1.29 is 0 Å². The number of aryl methyl sites for hydroxylation is 3. The molecule has 19 heavy (non-hydrogen) atoms. The van der Waals surface area contributed by atoms with Crippen molar-refractivity contribution in [2.45, 2.75) is 60.8 Å². The Balaban J connectivity index is 0.000000303. The zero-order chi connectivity index (χ0) is 14.8. The Morgan fingerprint density at radius 3 is 1.95 bits per heavy atom. The lowest BCUT2D eigenvalue weighted by atomic mass is 10.2. The first kappa shape index (κ1) is 18.3. The lowest BCUT2D eigenvalue weighted by Gasteiger charge is -1.94. The van der Waals surface area contributed by atoms with Gasteiger partial charge >= 0.3 is 0 Å². The second-order valence-corrected chi connectivity index (χ2v) is 6.31. The molecule has 3 heteroatoms. The Morgan fingerprint density at radius 2 is 1.74 bits per heavy atom. The average molecular weight is 298 g/mol. The molecule has 0 aromatic carbocycles. The molecule has 0 aliphatic carbocycles. The van der Waals surface area contributed by atoms with Crippen molar-refractivity contribution in [3.8, 4) is 0 Å². The van der Waals surface area contributed by atoms with E-state index in [9.17, 15) is 0 Å². The van der Waals surface area contributed by atoms with Crippen molar-refractivity contribution in [1.82, 2.24) is 4.98 Å². The molecular formula is C16H27NS2. The fourth-order valence-electron chi connectivity index (χ4n) is 1.31. The number of hydrogen-bond donors (Lipinski definition) is 0. The van der Waals surface area contributed by atoms with E-state index in [0.717, 1.165) is 5.69 Å². The second-order valence-electron chi connectivity index (χ2n) is 4.43. The van der Waals surface area contributed by atoms with Gasteiger partial charge in [-0.25, -0.2) is 4.98 Å². The number of aromatic nitrogens is 1. The second kappa shape index (κ2) is 10.2. The molecule has 0 aliphatic heterocycles. The summed E-state index contributed by atoms with van der Waals surface area (Å²) < 4.78 is 0. The third-order valence-electron chi connectivity index (χ3n) is 2.26. The van der Waals surface area contributed by atoms with E-state index in [4.69, 9.17) is 0 Å². The van der Waals surface area contributed by atoms with Gasteiger partial charge in [-0.05, 0) is 37.3 Å². The molecule has 1 nitrogen and oxygen atoms in total. The Kier molecular flexibility index (Phi) is 9.80. The van der Waals surface area contributed by atoms with E-state index >= 15 is 0 Å². The molecule has 0 fully saturated rings. The SMILES string of the molecule is CC.CCc1cc(C)cs1.Cc1csc(C(C)C)n1. The fraction of sp³-hybridized carbons (Fsp3) is 0.562. The van der Waals surface area contributed by atoms with Crippen molar-refractivity contribution in [1.29, 1.82) is 0 Å². The molecule has 2 heterocycles. The van der Waals surface area contributed by atoms with Crippen LogP contribution >= 0.6 is 22.7 Å². The number of thiophene rings is 1. The summed E-state index contributed by atoms with van der Waals surface area (Å²) in [5.74, 6) is 0.587. The summed E-state index contributed by atoms with van der Waals surface area (Å²) >= 11 is 3.60. The molecule has 0 radical (unpaired) electrons. The quantitative estimate of drug-likeness (QED) is 0.641. The van der Waals surface area contributed by atoms with Crippen LogP contribution in [-0.4, -0.2) is 4.98 Å². The number of thiazole rings is 1. The standard InChI is InChI=1S/C7H11NS.C7H10S.C2H6/c1-5(2)7-8-6(3)4-9-7;1-3-7-4-6(2)5-8-7;1-2/h4-5H,1-3H3;4-5H,3H2,1-2H3;1-2H3. The van der Waals surface area contributed by atoms with E-state index < -0.39 is 0 Å². The molecule has 0 unspecified atom stereocenters. The first-order chi connectivity index (χ1) is 9.02. The van der Waals surface area contributed by atoms with Gasteiger partial charge < -0.3 is 0 Å². The first-order valence-corrected chi connectivity index (χ1v) is 8.74. The van der Waals surface area contributed by atoms with E-state index in [1.165, 1.54) is 21.9 Å². The molecular weight excluding hydrogens is 270 g/mol. The summed E-state index contributed by atoms with van der Waals surface area (Å²) in [6, 6.07) is 2.24. The van der Waals surface area contributed by atoms with Gasteiger partial charge in [0.1, 0.15) is 0 Å². The molecule has 0 bridgehead atoms. The lowest BCUT2D eigenvalue weighted by Crippen LogP contribution is -1.83. The van der Waals surface area contributed by atoms with E-state index in [0.29, 0.717) is 5.92 Å². The summed E-state index contributed by atoms with van der Waals surface area (Å²) in [6.07, 6.45) is 1.18. The molecule has 0 amide bonds. The molecule has 108 valence electrons. The van der Waals surface area contributed by atoms with Crippen LogP contribution in [0.1, 0.15) is 61.7 Å². The smallest absolute Gasteiger partial charge is 0.0953 e. The lowest BCUT2D eigenvalue weighted by molar-refractivity contribution is 0.847. The van der Waals surface area contributed by atoms with Crippen molar-refractivity contribution in [2.24, 2.45) is 0 Å². The monoisotopic (exact) mass is 297 g/mol. The van der Waals surface area contributed by atoms with E-state index in [1.807, 2.05) is 32.1 Å². The maximum Gasteiger partial charge on any atom is 0.0953 e. The third-order valence-corrected chi connectivity index (χ3v) is 4.73. The van der Waals surface area contributed by atoms with E-state index in [1.54, 1.807) is 11.3 Å². The fourth-order valence-corrected chi connectivity index (χ4v) is 2.95. The molecule has 2 rings (SSSR count). The normalized spacial score (nSPS) is 9.47. The molecule has 0 saturated carbocycles. The van der Waals surface area contributed by atoms with Crippen LogP contribution in [0.25, 0.3) is 0 Å². The number of nitrogens with zero attached hydrogens (tertiary/aromatic N) is 1. The van der Waals surface area contributed by atoms with Gasteiger partial charge in [0.25, 0.3) is 0 Å². The van der Waals surface area contributed by atoms with Gasteiger partial charge in [0.2, 0.25) is 0 Å². The van der Waals surface area contributed by atoms with Gasteiger partial charge in [0.05, 0.1) is 5.01 Å².